The van der Waals surface area contributed by atoms with E-state index in [-0.39, 0.29) is 17.3 Å². The Morgan fingerprint density at radius 1 is 1.14 bits per heavy atom. The van der Waals surface area contributed by atoms with E-state index in [2.05, 4.69) is 16.5 Å². The number of nitrogens with one attached hydrogen (secondary N) is 1. The van der Waals surface area contributed by atoms with Gasteiger partial charge in [-0.15, -0.1) is 0 Å². The number of carbonyl (C=O) groups excluding carboxylic acids is 1. The number of likely N-dealkylation sites (N-methyl/N-ethyl adjacent to an activating group) is 1. The van der Waals surface area contributed by atoms with E-state index in [0.717, 1.165) is 19.6 Å². The van der Waals surface area contributed by atoms with Gasteiger partial charge in [-0.05, 0) is 18.7 Å². The van der Waals surface area contributed by atoms with Crippen LogP contribution >= 0.6 is 0 Å². The molecule has 0 unspecified atom stereocenters. The van der Waals surface area contributed by atoms with E-state index >= 15 is 0 Å². The Morgan fingerprint density at radius 3 is 2.33 bits per heavy atom. The summed E-state index contributed by atoms with van der Waals surface area (Å²) in [5.74, 6) is -0.176. The number of nitrogens with zero attached hydrogens (tertiary/aromatic N) is 2. The zero-order valence-corrected chi connectivity index (χ0v) is 13.0. The number of carbonyl (C=O) groups is 1. The first-order valence-electron chi connectivity index (χ1n) is 7.08. The standard InChI is InChI=1S/C14H21N3O3S/c1-2-16-8-10-17(11-9-16)14(18)12-15-21(19,20)13-6-4-3-5-7-13/h3-7,15H,2,8-12H2,1H3. The second-order valence-corrected chi connectivity index (χ2v) is 6.72. The lowest BCUT2D eigenvalue weighted by atomic mass is 10.3. The summed E-state index contributed by atoms with van der Waals surface area (Å²) in [4.78, 5) is 16.2. The van der Waals surface area contributed by atoms with Crippen molar-refractivity contribution < 1.29 is 13.2 Å². The predicted molar refractivity (Wildman–Crippen MR) is 80.3 cm³/mol. The Morgan fingerprint density at radius 2 is 1.76 bits per heavy atom. The van der Waals surface area contributed by atoms with Gasteiger partial charge >= 0.3 is 0 Å². The van der Waals surface area contributed by atoms with E-state index in [0.29, 0.717) is 13.1 Å². The first-order valence-corrected chi connectivity index (χ1v) is 8.56. The molecule has 1 N–H and O–H groups in total. The van der Waals surface area contributed by atoms with Crippen LogP contribution in [0.5, 0.6) is 0 Å². The van der Waals surface area contributed by atoms with Gasteiger partial charge in [0.25, 0.3) is 0 Å². The average Bonchev–Trinajstić information content (AvgIpc) is 2.53. The van der Waals surface area contributed by atoms with Crippen molar-refractivity contribution in [3.8, 4) is 0 Å². The molecule has 0 aromatic heterocycles. The van der Waals surface area contributed by atoms with Gasteiger partial charge in [0.05, 0.1) is 11.4 Å². The van der Waals surface area contributed by atoms with Crippen LogP contribution in [0.1, 0.15) is 6.92 Å². The van der Waals surface area contributed by atoms with Crippen LogP contribution in [0.4, 0.5) is 0 Å². The highest BCUT2D eigenvalue weighted by Gasteiger charge is 2.22. The summed E-state index contributed by atoms with van der Waals surface area (Å²) in [6.07, 6.45) is 0. The van der Waals surface area contributed by atoms with Crippen molar-refractivity contribution >= 4 is 15.9 Å². The van der Waals surface area contributed by atoms with Gasteiger partial charge < -0.3 is 9.80 Å². The molecule has 1 fully saturated rings. The summed E-state index contributed by atoms with van der Waals surface area (Å²) in [7, 11) is -3.62. The number of piperazine rings is 1. The smallest absolute Gasteiger partial charge is 0.241 e. The van der Waals surface area contributed by atoms with E-state index in [1.807, 2.05) is 0 Å². The third-order valence-electron chi connectivity index (χ3n) is 3.64. The van der Waals surface area contributed by atoms with Crippen LogP contribution < -0.4 is 4.72 Å². The maximum absolute atomic E-state index is 12.1. The molecule has 2 rings (SSSR count). The molecular weight excluding hydrogens is 290 g/mol. The van der Waals surface area contributed by atoms with Gasteiger partial charge in [0.2, 0.25) is 15.9 Å². The lowest BCUT2D eigenvalue weighted by Crippen LogP contribution is -2.51. The minimum Gasteiger partial charge on any atom is -0.339 e. The van der Waals surface area contributed by atoms with Gasteiger partial charge in [0.1, 0.15) is 0 Å². The van der Waals surface area contributed by atoms with Crippen LogP contribution in [-0.4, -0.2) is 63.4 Å². The molecule has 0 saturated carbocycles. The Kier molecular flexibility index (Phi) is 5.33. The highest BCUT2D eigenvalue weighted by molar-refractivity contribution is 7.89. The molecule has 6 nitrogen and oxygen atoms in total. The van der Waals surface area contributed by atoms with Gasteiger partial charge in [0, 0.05) is 26.2 Å². The predicted octanol–water partition coefficient (Wildman–Crippen LogP) is 0.129. The Bertz CT molecular complexity index is 566. The molecule has 21 heavy (non-hydrogen) atoms. The van der Waals surface area contributed by atoms with Crippen molar-refractivity contribution in [2.45, 2.75) is 11.8 Å². The first kappa shape index (κ1) is 15.9. The molecule has 116 valence electrons. The summed E-state index contributed by atoms with van der Waals surface area (Å²) in [5.41, 5.74) is 0. The van der Waals surface area contributed by atoms with Gasteiger partial charge in [-0.25, -0.2) is 13.1 Å². The molecule has 1 amide bonds. The quantitative estimate of drug-likeness (QED) is 0.839. The van der Waals surface area contributed by atoms with Crippen molar-refractivity contribution in [1.82, 2.24) is 14.5 Å². The van der Waals surface area contributed by atoms with E-state index in [4.69, 9.17) is 0 Å². The highest BCUT2D eigenvalue weighted by atomic mass is 32.2. The Hall–Kier alpha value is -1.44. The third-order valence-corrected chi connectivity index (χ3v) is 5.06. The summed E-state index contributed by atoms with van der Waals surface area (Å²) in [6, 6.07) is 8.07. The molecule has 1 aromatic rings. The van der Waals surface area contributed by atoms with Crippen LogP contribution in [0.3, 0.4) is 0 Å². The topological polar surface area (TPSA) is 69.7 Å². The number of amides is 1. The maximum Gasteiger partial charge on any atom is 0.241 e. The fraction of sp³-hybridized carbons (Fsp3) is 0.500. The van der Waals surface area contributed by atoms with Gasteiger partial charge in [0.15, 0.2) is 0 Å². The molecule has 0 aliphatic carbocycles. The molecule has 7 heteroatoms. The lowest BCUT2D eigenvalue weighted by Gasteiger charge is -2.34. The van der Waals surface area contributed by atoms with Crippen molar-refractivity contribution in [2.75, 3.05) is 39.3 Å². The van der Waals surface area contributed by atoms with Crippen LogP contribution in [0.25, 0.3) is 0 Å². The minimum atomic E-state index is -3.62. The molecule has 0 atom stereocenters. The van der Waals surface area contributed by atoms with Gasteiger partial charge in [-0.1, -0.05) is 25.1 Å². The molecule has 0 spiro atoms. The average molecular weight is 311 g/mol. The number of hydrogen-bond donors (Lipinski definition) is 1. The Labute approximate surface area is 125 Å². The maximum atomic E-state index is 12.1. The fourth-order valence-electron chi connectivity index (χ4n) is 2.27. The molecule has 1 saturated heterocycles. The van der Waals surface area contributed by atoms with E-state index in [1.165, 1.54) is 12.1 Å². The van der Waals surface area contributed by atoms with Crippen LogP contribution in [-0.2, 0) is 14.8 Å². The molecule has 1 heterocycles. The monoisotopic (exact) mass is 311 g/mol. The van der Waals surface area contributed by atoms with Gasteiger partial charge in [-0.2, -0.15) is 0 Å². The highest BCUT2D eigenvalue weighted by Crippen LogP contribution is 2.07. The van der Waals surface area contributed by atoms with Crippen LogP contribution in [0.15, 0.2) is 35.2 Å². The molecule has 0 bridgehead atoms. The number of sulfonamides is 1. The normalized spacial score (nSPS) is 16.9. The molecule has 1 aliphatic heterocycles. The molecule has 1 aromatic carbocycles. The van der Waals surface area contributed by atoms with Crippen LogP contribution in [0.2, 0.25) is 0 Å². The van der Waals surface area contributed by atoms with Crippen molar-refractivity contribution in [1.29, 1.82) is 0 Å². The van der Waals surface area contributed by atoms with E-state index in [1.54, 1.807) is 23.1 Å². The molecule has 1 aliphatic rings. The zero-order chi connectivity index (χ0) is 15.3. The van der Waals surface area contributed by atoms with Crippen molar-refractivity contribution in [3.63, 3.8) is 0 Å². The first-order chi connectivity index (χ1) is 10.0. The third kappa shape index (κ3) is 4.26. The molecular formula is C14H21N3O3S. The van der Waals surface area contributed by atoms with Crippen LogP contribution in [0, 0.1) is 0 Å². The summed E-state index contributed by atoms with van der Waals surface area (Å²) in [5, 5.41) is 0. The fourth-order valence-corrected chi connectivity index (χ4v) is 3.26. The van der Waals surface area contributed by atoms with Crippen molar-refractivity contribution in [2.24, 2.45) is 0 Å². The lowest BCUT2D eigenvalue weighted by molar-refractivity contribution is -0.131. The van der Waals surface area contributed by atoms with E-state index < -0.39 is 10.0 Å². The summed E-state index contributed by atoms with van der Waals surface area (Å²) < 4.78 is 26.4. The van der Waals surface area contributed by atoms with E-state index in [9.17, 15) is 13.2 Å². The number of benzene rings is 1. The SMILES string of the molecule is CCN1CCN(C(=O)CNS(=O)(=O)c2ccccc2)CC1. The second-order valence-electron chi connectivity index (χ2n) is 4.95. The summed E-state index contributed by atoms with van der Waals surface area (Å²) >= 11 is 0. The second kappa shape index (κ2) is 7.02. The minimum absolute atomic E-state index is 0.175. The number of rotatable bonds is 5. The Balaban J connectivity index is 1.87. The number of hydrogen-bond acceptors (Lipinski definition) is 4. The molecule has 0 radical (unpaired) electrons. The largest absolute Gasteiger partial charge is 0.339 e. The summed E-state index contributed by atoms with van der Waals surface area (Å²) in [6.45, 7) is 5.86. The van der Waals surface area contributed by atoms with Crippen molar-refractivity contribution in [3.05, 3.63) is 30.3 Å². The zero-order valence-electron chi connectivity index (χ0n) is 12.2. The van der Waals surface area contributed by atoms with Gasteiger partial charge in [-0.3, -0.25) is 4.79 Å².